The van der Waals surface area contributed by atoms with Gasteiger partial charge < -0.3 is 0 Å². The highest BCUT2D eigenvalue weighted by Crippen LogP contribution is 1.92. The fourth-order valence-electron chi connectivity index (χ4n) is 0.407. The molecule has 0 aromatic heterocycles. The Morgan fingerprint density at radius 2 is 1.58 bits per heavy atom. The molecule has 0 saturated heterocycles. The molecule has 0 aliphatic rings. The van der Waals surface area contributed by atoms with Crippen LogP contribution in [0, 0.1) is 0 Å². The third-order valence-corrected chi connectivity index (χ3v) is 2.10. The van der Waals surface area contributed by atoms with Crippen LogP contribution in [0.25, 0.3) is 0 Å². The van der Waals surface area contributed by atoms with Crippen molar-refractivity contribution in [3.05, 3.63) is 11.5 Å². The van der Waals surface area contributed by atoms with E-state index >= 15 is 0 Å². The zero-order valence-corrected chi connectivity index (χ0v) is 7.55. The van der Waals surface area contributed by atoms with Gasteiger partial charge in [0.15, 0.2) is 0 Å². The summed E-state index contributed by atoms with van der Waals surface area (Å²) in [6, 6.07) is 0. The summed E-state index contributed by atoms with van der Waals surface area (Å²) in [6.07, 6.45) is 0.766. The molecule has 72 valence electrons. The van der Waals surface area contributed by atoms with Gasteiger partial charge >= 0.3 is 0 Å². The topological polar surface area (TPSA) is 109 Å². The maximum Gasteiger partial charge on any atom is 0.287 e. The van der Waals surface area contributed by atoms with Crippen molar-refractivity contribution in [1.82, 2.24) is 0 Å². The minimum Gasteiger partial charge on any atom is -0.286 e. The van der Waals surface area contributed by atoms with Gasteiger partial charge in [-0.2, -0.15) is 16.8 Å². The lowest BCUT2D eigenvalue weighted by atomic mass is 10.5. The molecule has 0 unspecified atom stereocenters. The first-order valence-corrected chi connectivity index (χ1v) is 5.91. The van der Waals surface area contributed by atoms with Crippen molar-refractivity contribution in [2.75, 3.05) is 5.75 Å². The van der Waals surface area contributed by atoms with Gasteiger partial charge in [0.2, 0.25) is 0 Å². The van der Waals surface area contributed by atoms with Crippen LogP contribution in [0.15, 0.2) is 11.5 Å². The molecular weight excluding hydrogens is 208 g/mol. The molecule has 0 heterocycles. The molecule has 0 aromatic rings. The van der Waals surface area contributed by atoms with Gasteiger partial charge in [0.05, 0.1) is 11.2 Å². The van der Waals surface area contributed by atoms with E-state index in [0.717, 1.165) is 6.08 Å². The summed E-state index contributed by atoms with van der Waals surface area (Å²) in [7, 11) is -8.27. The number of hydrogen-bond donors (Lipinski definition) is 2. The summed E-state index contributed by atoms with van der Waals surface area (Å²) < 4.78 is 56.5. The van der Waals surface area contributed by atoms with Crippen molar-refractivity contribution < 1.29 is 25.9 Å². The Bertz CT molecular complexity index is 347. The minimum absolute atomic E-state index is 0.168. The van der Waals surface area contributed by atoms with E-state index in [-0.39, 0.29) is 6.42 Å². The standard InChI is InChI=1S/C4H8O6S2/c5-11(6,7)3-1-2-4-12(8,9)10/h1,3H,2,4H2,(H,5,6,7)(H,8,9,10)/b3-1+. The molecule has 0 aliphatic heterocycles. The molecule has 0 spiro atoms. The second-order valence-electron chi connectivity index (χ2n) is 1.96. The zero-order valence-electron chi connectivity index (χ0n) is 5.91. The first kappa shape index (κ1) is 11.6. The van der Waals surface area contributed by atoms with E-state index < -0.39 is 26.0 Å². The Balaban J connectivity index is 3.97. The lowest BCUT2D eigenvalue weighted by Crippen LogP contribution is -2.02. The second-order valence-corrected chi connectivity index (χ2v) is 4.84. The molecule has 0 aromatic carbocycles. The Hall–Kier alpha value is -0.440. The lowest BCUT2D eigenvalue weighted by molar-refractivity contribution is 0.482. The van der Waals surface area contributed by atoms with Gasteiger partial charge in [0.25, 0.3) is 20.2 Å². The normalized spacial score (nSPS) is 13.8. The summed E-state index contributed by atoms with van der Waals surface area (Å²) >= 11 is 0. The molecule has 8 heteroatoms. The van der Waals surface area contributed by atoms with E-state index in [4.69, 9.17) is 9.11 Å². The summed E-state index contributed by atoms with van der Waals surface area (Å²) in [6.45, 7) is 0. The van der Waals surface area contributed by atoms with Crippen LogP contribution in [0.2, 0.25) is 0 Å². The summed E-state index contributed by atoms with van der Waals surface area (Å²) in [4.78, 5) is 0. The van der Waals surface area contributed by atoms with Crippen molar-refractivity contribution in [1.29, 1.82) is 0 Å². The minimum atomic E-state index is -4.20. The smallest absolute Gasteiger partial charge is 0.286 e. The van der Waals surface area contributed by atoms with Crippen LogP contribution in [0.5, 0.6) is 0 Å². The largest absolute Gasteiger partial charge is 0.287 e. The van der Waals surface area contributed by atoms with Crippen molar-refractivity contribution >= 4 is 20.2 Å². The Labute approximate surface area is 70.4 Å². The lowest BCUT2D eigenvalue weighted by Gasteiger charge is -1.89. The zero-order chi connectivity index (χ0) is 9.83. The maximum absolute atomic E-state index is 10.1. The average molecular weight is 216 g/mol. The highest BCUT2D eigenvalue weighted by Gasteiger charge is 2.01. The number of rotatable bonds is 4. The predicted molar refractivity (Wildman–Crippen MR) is 41.7 cm³/mol. The van der Waals surface area contributed by atoms with Crippen LogP contribution in [0.3, 0.4) is 0 Å². The molecule has 0 atom stereocenters. The first-order chi connectivity index (χ1) is 5.21. The Morgan fingerprint density at radius 3 is 1.92 bits per heavy atom. The maximum atomic E-state index is 10.1. The summed E-state index contributed by atoms with van der Waals surface area (Å²) in [5.41, 5.74) is 0. The fourth-order valence-corrected chi connectivity index (χ4v) is 1.22. The third-order valence-electron chi connectivity index (χ3n) is 0.811. The van der Waals surface area contributed by atoms with Gasteiger partial charge in [-0.25, -0.2) is 0 Å². The molecule has 0 radical (unpaired) electrons. The molecule has 0 amide bonds. The third kappa shape index (κ3) is 9.56. The highest BCUT2D eigenvalue weighted by atomic mass is 32.2. The molecular formula is C4H8O6S2. The van der Waals surface area contributed by atoms with E-state index in [1.807, 2.05) is 0 Å². The molecule has 0 rings (SSSR count). The van der Waals surface area contributed by atoms with Crippen molar-refractivity contribution in [2.24, 2.45) is 0 Å². The van der Waals surface area contributed by atoms with E-state index in [2.05, 4.69) is 0 Å². The van der Waals surface area contributed by atoms with E-state index in [1.165, 1.54) is 0 Å². The molecule has 0 bridgehead atoms. The van der Waals surface area contributed by atoms with Crippen molar-refractivity contribution in [3.63, 3.8) is 0 Å². The van der Waals surface area contributed by atoms with Crippen molar-refractivity contribution in [2.45, 2.75) is 6.42 Å². The summed E-state index contributed by atoms with van der Waals surface area (Å²) in [5, 5.41) is 0.457. The van der Waals surface area contributed by atoms with Crippen LogP contribution >= 0.6 is 0 Å². The van der Waals surface area contributed by atoms with Crippen LogP contribution in [0.4, 0.5) is 0 Å². The molecule has 0 fully saturated rings. The number of hydrogen-bond acceptors (Lipinski definition) is 4. The van der Waals surface area contributed by atoms with Gasteiger partial charge in [-0.15, -0.1) is 0 Å². The average Bonchev–Trinajstić information content (AvgIpc) is 1.76. The summed E-state index contributed by atoms with van der Waals surface area (Å²) in [5.74, 6) is -0.570. The van der Waals surface area contributed by atoms with Gasteiger partial charge in [-0.05, 0) is 6.42 Å². The predicted octanol–water partition coefficient (Wildman–Crippen LogP) is -0.334. The van der Waals surface area contributed by atoms with Gasteiger partial charge in [-0.1, -0.05) is 6.08 Å². The van der Waals surface area contributed by atoms with Crippen LogP contribution in [-0.2, 0) is 20.2 Å². The molecule has 0 aliphatic carbocycles. The van der Waals surface area contributed by atoms with Crippen molar-refractivity contribution in [3.8, 4) is 0 Å². The quantitative estimate of drug-likeness (QED) is 0.622. The van der Waals surface area contributed by atoms with Crippen LogP contribution in [0.1, 0.15) is 6.42 Å². The Morgan fingerprint density at radius 1 is 1.08 bits per heavy atom. The van der Waals surface area contributed by atoms with E-state index in [1.54, 1.807) is 0 Å². The van der Waals surface area contributed by atoms with Gasteiger partial charge in [0.1, 0.15) is 0 Å². The molecule has 12 heavy (non-hydrogen) atoms. The van der Waals surface area contributed by atoms with E-state index in [0.29, 0.717) is 5.41 Å². The first-order valence-electron chi connectivity index (χ1n) is 2.80. The fraction of sp³-hybridized carbons (Fsp3) is 0.500. The Kier molecular flexibility index (Phi) is 3.84. The highest BCUT2D eigenvalue weighted by molar-refractivity contribution is 7.88. The monoisotopic (exact) mass is 216 g/mol. The second kappa shape index (κ2) is 3.99. The molecule has 0 saturated carbocycles. The van der Waals surface area contributed by atoms with E-state index in [9.17, 15) is 16.8 Å². The number of allylic oxidation sites excluding steroid dienone is 1. The molecule has 6 nitrogen and oxygen atoms in total. The van der Waals surface area contributed by atoms with Crippen LogP contribution < -0.4 is 0 Å². The SMILES string of the molecule is O=S(=O)(O)/C=C/CCS(=O)(=O)O. The van der Waals surface area contributed by atoms with Crippen LogP contribution in [-0.4, -0.2) is 31.7 Å². The van der Waals surface area contributed by atoms with Gasteiger partial charge in [-0.3, -0.25) is 9.11 Å². The van der Waals surface area contributed by atoms with Gasteiger partial charge in [0, 0.05) is 0 Å². The molecule has 2 N–H and O–H groups in total.